The van der Waals surface area contributed by atoms with Gasteiger partial charge in [-0.15, -0.1) is 36.2 Å². The van der Waals surface area contributed by atoms with Crippen LogP contribution in [-0.2, 0) is 11.2 Å². The van der Waals surface area contributed by atoms with E-state index in [9.17, 15) is 4.79 Å². The number of likely N-dealkylation sites (N-methyl/N-ethyl adjacent to an activating group) is 1. The molecular formula is C20H27Cl2N3OS. The molecule has 0 aliphatic carbocycles. The first kappa shape index (κ1) is 22.2. The van der Waals surface area contributed by atoms with Gasteiger partial charge in [-0.25, -0.2) is 4.98 Å². The highest BCUT2D eigenvalue weighted by molar-refractivity contribution is 7.13. The Morgan fingerprint density at radius 1 is 1.26 bits per heavy atom. The topological polar surface area (TPSA) is 45.2 Å². The number of fused-ring (bicyclic) bond motifs is 2. The molecule has 2 bridgehead atoms. The van der Waals surface area contributed by atoms with Crippen LogP contribution in [0.3, 0.4) is 0 Å². The Balaban J connectivity index is 0.00000131. The van der Waals surface area contributed by atoms with E-state index in [-0.39, 0.29) is 30.7 Å². The predicted octanol–water partition coefficient (Wildman–Crippen LogP) is 4.25. The van der Waals surface area contributed by atoms with Gasteiger partial charge in [0.25, 0.3) is 0 Å². The number of rotatable bonds is 4. The zero-order chi connectivity index (χ0) is 17.4. The number of benzene rings is 1. The number of carbonyl (C=O) groups excluding carboxylic acids is 1. The lowest BCUT2D eigenvalue weighted by Crippen LogP contribution is -2.49. The Morgan fingerprint density at radius 2 is 1.96 bits per heavy atom. The van der Waals surface area contributed by atoms with Crippen molar-refractivity contribution in [2.75, 3.05) is 7.05 Å². The van der Waals surface area contributed by atoms with Crippen molar-refractivity contribution in [3.05, 3.63) is 40.9 Å². The number of nitrogens with one attached hydrogen (secondary N) is 1. The van der Waals surface area contributed by atoms with Gasteiger partial charge in [-0.2, -0.15) is 0 Å². The monoisotopic (exact) mass is 427 g/mol. The number of aryl methyl sites for hydroxylation is 1. The van der Waals surface area contributed by atoms with Gasteiger partial charge in [-0.3, -0.25) is 4.79 Å². The predicted molar refractivity (Wildman–Crippen MR) is 116 cm³/mol. The van der Waals surface area contributed by atoms with E-state index in [1.165, 1.54) is 18.4 Å². The van der Waals surface area contributed by atoms with Crippen LogP contribution in [0.25, 0.3) is 10.6 Å². The maximum atomic E-state index is 12.7. The van der Waals surface area contributed by atoms with Gasteiger partial charge >= 0.3 is 0 Å². The van der Waals surface area contributed by atoms with Gasteiger partial charge in [0.15, 0.2) is 0 Å². The van der Waals surface area contributed by atoms with Crippen LogP contribution in [0.2, 0.25) is 0 Å². The normalized spacial score (nSPS) is 23.3. The summed E-state index contributed by atoms with van der Waals surface area (Å²) in [6.07, 6.45) is 5.09. The second-order valence-electron chi connectivity index (χ2n) is 7.46. The van der Waals surface area contributed by atoms with Crippen molar-refractivity contribution in [2.24, 2.45) is 0 Å². The molecule has 27 heavy (non-hydrogen) atoms. The van der Waals surface area contributed by atoms with E-state index < -0.39 is 0 Å². The fourth-order valence-corrected chi connectivity index (χ4v) is 4.94. The Hall–Kier alpha value is -1.14. The van der Waals surface area contributed by atoms with Gasteiger partial charge in [-0.05, 0) is 38.7 Å². The highest BCUT2D eigenvalue weighted by atomic mass is 35.5. The van der Waals surface area contributed by atoms with Crippen LogP contribution < -0.4 is 5.32 Å². The molecule has 1 aromatic heterocycles. The van der Waals surface area contributed by atoms with Crippen molar-refractivity contribution in [3.63, 3.8) is 0 Å². The van der Waals surface area contributed by atoms with E-state index in [4.69, 9.17) is 4.98 Å². The van der Waals surface area contributed by atoms with Gasteiger partial charge in [0.1, 0.15) is 5.01 Å². The molecular weight excluding hydrogens is 401 g/mol. The summed E-state index contributed by atoms with van der Waals surface area (Å²) in [5.74, 6) is 0.187. The summed E-state index contributed by atoms with van der Waals surface area (Å²) in [6, 6.07) is 9.94. The number of hydrogen-bond donors (Lipinski definition) is 1. The highest BCUT2D eigenvalue weighted by Gasteiger charge is 2.36. The lowest BCUT2D eigenvalue weighted by Gasteiger charge is -2.35. The molecule has 2 saturated heterocycles. The molecule has 7 heteroatoms. The zero-order valence-electron chi connectivity index (χ0n) is 15.7. The Morgan fingerprint density at radius 3 is 2.63 bits per heavy atom. The number of aromatic nitrogens is 1. The van der Waals surface area contributed by atoms with Crippen LogP contribution in [0.5, 0.6) is 0 Å². The molecule has 1 aromatic carbocycles. The number of carbonyl (C=O) groups is 1. The number of nitrogens with zero attached hydrogens (tertiary/aromatic N) is 2. The van der Waals surface area contributed by atoms with Crippen LogP contribution in [0.15, 0.2) is 29.6 Å². The minimum absolute atomic E-state index is 0. The fraction of sp³-hybridized carbons (Fsp3) is 0.500. The first-order valence-electron chi connectivity index (χ1n) is 9.11. The van der Waals surface area contributed by atoms with Crippen LogP contribution in [-0.4, -0.2) is 41.0 Å². The van der Waals surface area contributed by atoms with Crippen molar-refractivity contribution in [1.82, 2.24) is 15.2 Å². The minimum Gasteiger partial charge on any atom is -0.342 e. The van der Waals surface area contributed by atoms with Gasteiger partial charge in [0.2, 0.25) is 5.91 Å². The zero-order valence-corrected chi connectivity index (χ0v) is 18.1. The quantitative estimate of drug-likeness (QED) is 0.792. The Labute approximate surface area is 177 Å². The molecule has 0 saturated carbocycles. The standard InChI is InChI=1S/C20H25N3OS.2ClH/c1-13-4-3-5-14(8-13)20-22-17(12-25-20)11-19(24)23(2)18-9-15-6-7-16(10-18)21-15;;/h3-5,8,12,15-16,18,21H,6-7,9-11H2,1-2H3;2*1H. The summed E-state index contributed by atoms with van der Waals surface area (Å²) in [6.45, 7) is 2.09. The first-order valence-corrected chi connectivity index (χ1v) is 9.99. The largest absolute Gasteiger partial charge is 0.342 e. The maximum absolute atomic E-state index is 12.7. The molecule has 2 aliphatic rings. The molecule has 4 rings (SSSR count). The second kappa shape index (κ2) is 9.37. The number of piperidine rings is 1. The molecule has 2 aliphatic heterocycles. The lowest BCUT2D eigenvalue weighted by molar-refractivity contribution is -0.132. The van der Waals surface area contributed by atoms with E-state index >= 15 is 0 Å². The molecule has 2 aromatic rings. The van der Waals surface area contributed by atoms with E-state index in [2.05, 4.69) is 36.5 Å². The molecule has 1 amide bonds. The van der Waals surface area contributed by atoms with E-state index in [0.717, 1.165) is 29.1 Å². The van der Waals surface area contributed by atoms with Crippen LogP contribution in [0.1, 0.15) is 36.9 Å². The molecule has 2 unspecified atom stereocenters. The molecule has 2 atom stereocenters. The number of amides is 1. The van der Waals surface area contributed by atoms with Gasteiger partial charge in [0, 0.05) is 36.1 Å². The highest BCUT2D eigenvalue weighted by Crippen LogP contribution is 2.30. The number of thiazole rings is 1. The van der Waals surface area contributed by atoms with E-state index in [1.807, 2.05) is 17.3 Å². The van der Waals surface area contributed by atoms with Crippen molar-refractivity contribution < 1.29 is 4.79 Å². The van der Waals surface area contributed by atoms with E-state index in [0.29, 0.717) is 24.5 Å². The Kier molecular flexibility index (Phi) is 7.69. The van der Waals surface area contributed by atoms with Crippen LogP contribution in [0, 0.1) is 6.92 Å². The minimum atomic E-state index is 0. The molecule has 4 nitrogen and oxygen atoms in total. The average molecular weight is 428 g/mol. The summed E-state index contributed by atoms with van der Waals surface area (Å²) in [5, 5.41) is 6.66. The Bertz CT molecular complexity index is 770. The van der Waals surface area contributed by atoms with Crippen LogP contribution in [0.4, 0.5) is 0 Å². The molecule has 148 valence electrons. The van der Waals surface area contributed by atoms with Crippen molar-refractivity contribution in [2.45, 2.75) is 57.2 Å². The third-order valence-electron chi connectivity index (χ3n) is 5.54. The van der Waals surface area contributed by atoms with Crippen LogP contribution >= 0.6 is 36.2 Å². The lowest BCUT2D eigenvalue weighted by atomic mass is 9.98. The summed E-state index contributed by atoms with van der Waals surface area (Å²) < 4.78 is 0. The molecule has 2 fully saturated rings. The summed E-state index contributed by atoms with van der Waals surface area (Å²) >= 11 is 1.62. The molecule has 3 heterocycles. The molecule has 1 N–H and O–H groups in total. The van der Waals surface area contributed by atoms with E-state index in [1.54, 1.807) is 11.3 Å². The van der Waals surface area contributed by atoms with Gasteiger partial charge in [0.05, 0.1) is 12.1 Å². The average Bonchev–Trinajstić information content (AvgIpc) is 3.20. The summed E-state index contributed by atoms with van der Waals surface area (Å²) in [5.41, 5.74) is 3.24. The van der Waals surface area contributed by atoms with Crippen molar-refractivity contribution in [3.8, 4) is 10.6 Å². The SMILES string of the molecule is Cc1cccc(-c2nc(CC(=O)N(C)C3CC4CCC(C3)N4)cs2)c1.Cl.Cl. The number of halogens is 2. The second-order valence-corrected chi connectivity index (χ2v) is 8.32. The summed E-state index contributed by atoms with van der Waals surface area (Å²) in [7, 11) is 1.96. The molecule has 0 radical (unpaired) electrons. The maximum Gasteiger partial charge on any atom is 0.228 e. The first-order chi connectivity index (χ1) is 12.1. The smallest absolute Gasteiger partial charge is 0.228 e. The van der Waals surface area contributed by atoms with Crippen molar-refractivity contribution >= 4 is 42.1 Å². The van der Waals surface area contributed by atoms with Gasteiger partial charge < -0.3 is 10.2 Å². The molecule has 0 spiro atoms. The third kappa shape index (κ3) is 5.02. The number of hydrogen-bond acceptors (Lipinski definition) is 4. The van der Waals surface area contributed by atoms with Crippen molar-refractivity contribution in [1.29, 1.82) is 0 Å². The summed E-state index contributed by atoms with van der Waals surface area (Å²) in [4.78, 5) is 19.4. The fourth-order valence-electron chi connectivity index (χ4n) is 4.13. The third-order valence-corrected chi connectivity index (χ3v) is 6.48. The van der Waals surface area contributed by atoms with Gasteiger partial charge in [-0.1, -0.05) is 23.8 Å².